The smallest absolute Gasteiger partial charge is 0.254 e. The summed E-state index contributed by atoms with van der Waals surface area (Å²) in [6, 6.07) is 2.85. The number of benzene rings is 1. The number of fused-ring (bicyclic) bond motifs is 1. The lowest BCUT2D eigenvalue weighted by Gasteiger charge is -2.39. The van der Waals surface area contributed by atoms with Crippen LogP contribution in [0.2, 0.25) is 0 Å². The van der Waals surface area contributed by atoms with Gasteiger partial charge in [0, 0.05) is 48.4 Å². The highest BCUT2D eigenvalue weighted by Gasteiger charge is 2.39. The number of hydrogen-bond acceptors (Lipinski definition) is 4. The Balaban J connectivity index is 1.65. The lowest BCUT2D eigenvalue weighted by atomic mass is 9.80. The van der Waals surface area contributed by atoms with Crippen molar-refractivity contribution in [1.82, 2.24) is 14.9 Å². The normalized spacial score (nSPS) is 21.5. The second-order valence-corrected chi connectivity index (χ2v) is 8.11. The van der Waals surface area contributed by atoms with Gasteiger partial charge in [0.15, 0.2) is 0 Å². The number of likely N-dealkylation sites (N-methyl/N-ethyl adjacent to an activating group) is 1. The van der Waals surface area contributed by atoms with E-state index in [4.69, 9.17) is 0 Å². The van der Waals surface area contributed by atoms with E-state index in [0.717, 1.165) is 35.9 Å². The topological polar surface area (TPSA) is 66.4 Å². The second-order valence-electron chi connectivity index (χ2n) is 8.11. The highest BCUT2D eigenvalue weighted by molar-refractivity contribution is 6.00. The third-order valence-corrected chi connectivity index (χ3v) is 5.84. The molecule has 29 heavy (non-hydrogen) atoms. The van der Waals surface area contributed by atoms with Gasteiger partial charge < -0.3 is 4.90 Å². The molecule has 2 amide bonds. The van der Waals surface area contributed by atoms with Gasteiger partial charge in [-0.25, -0.2) is 18.7 Å². The highest BCUT2D eigenvalue weighted by Crippen LogP contribution is 2.36. The molecule has 2 aliphatic heterocycles. The fourth-order valence-electron chi connectivity index (χ4n) is 4.18. The number of piperidine rings is 1. The average molecular weight is 400 g/mol. The first-order valence-corrected chi connectivity index (χ1v) is 9.58. The molecule has 2 aliphatic rings. The van der Waals surface area contributed by atoms with Gasteiger partial charge in [0.2, 0.25) is 5.91 Å². The number of carbonyl (C=O) groups is 2. The number of aromatic nitrogens is 2. The number of carbonyl (C=O) groups excluding carboxylic acids is 2. The summed E-state index contributed by atoms with van der Waals surface area (Å²) < 4.78 is 27.1. The Kier molecular flexibility index (Phi) is 4.59. The zero-order chi connectivity index (χ0) is 20.9. The summed E-state index contributed by atoms with van der Waals surface area (Å²) in [5.41, 5.74) is 1.07. The predicted molar refractivity (Wildman–Crippen MR) is 103 cm³/mol. The molecule has 3 heterocycles. The van der Waals surface area contributed by atoms with Crippen LogP contribution in [0.4, 0.5) is 14.6 Å². The number of rotatable bonds is 2. The van der Waals surface area contributed by atoms with Crippen LogP contribution in [0.3, 0.4) is 0 Å². The van der Waals surface area contributed by atoms with Crippen molar-refractivity contribution < 1.29 is 18.4 Å². The van der Waals surface area contributed by atoms with Crippen LogP contribution in [0.15, 0.2) is 18.2 Å². The number of aryl methyl sites for hydroxylation is 1. The SMILES string of the molecule is Cc1nc([C@]2(C)CCCN(C(=O)c3cc(F)cc(F)c3)C2)nc2c1CC(=O)N2C. The van der Waals surface area contributed by atoms with E-state index in [1.807, 2.05) is 13.8 Å². The lowest BCUT2D eigenvalue weighted by Crippen LogP contribution is -2.48. The Morgan fingerprint density at radius 3 is 2.55 bits per heavy atom. The van der Waals surface area contributed by atoms with Crippen molar-refractivity contribution >= 4 is 17.6 Å². The number of amides is 2. The molecule has 8 heteroatoms. The largest absolute Gasteiger partial charge is 0.338 e. The van der Waals surface area contributed by atoms with E-state index in [0.29, 0.717) is 37.6 Å². The van der Waals surface area contributed by atoms with Crippen molar-refractivity contribution in [1.29, 1.82) is 0 Å². The summed E-state index contributed by atoms with van der Waals surface area (Å²) in [6.45, 7) is 4.67. The van der Waals surface area contributed by atoms with Crippen LogP contribution in [-0.2, 0) is 16.6 Å². The van der Waals surface area contributed by atoms with E-state index in [1.54, 1.807) is 11.9 Å². The standard InChI is InChI=1S/C21H22F2N4O2/c1-12-16-10-17(28)26(3)18(16)25-20(24-12)21(2)5-4-6-27(11-21)19(29)13-7-14(22)9-15(23)8-13/h7-9H,4-6,10-11H2,1-3H3/t21-/m1/s1. The van der Waals surface area contributed by atoms with Crippen LogP contribution in [0.25, 0.3) is 0 Å². The maximum absolute atomic E-state index is 13.5. The molecule has 152 valence electrons. The highest BCUT2D eigenvalue weighted by atomic mass is 19.1. The first-order chi connectivity index (χ1) is 13.7. The van der Waals surface area contributed by atoms with Crippen LogP contribution < -0.4 is 4.90 Å². The molecule has 1 aromatic carbocycles. The van der Waals surface area contributed by atoms with Crippen LogP contribution in [-0.4, -0.2) is 46.8 Å². The fraction of sp³-hybridized carbons (Fsp3) is 0.429. The van der Waals surface area contributed by atoms with Gasteiger partial charge in [0.25, 0.3) is 5.91 Å². The maximum atomic E-state index is 13.5. The van der Waals surface area contributed by atoms with Crippen molar-refractivity contribution in [2.24, 2.45) is 0 Å². The number of anilines is 1. The van der Waals surface area contributed by atoms with Crippen LogP contribution in [0, 0.1) is 18.6 Å². The average Bonchev–Trinajstić information content (AvgIpc) is 2.95. The second kappa shape index (κ2) is 6.86. The molecule has 0 bridgehead atoms. The lowest BCUT2D eigenvalue weighted by molar-refractivity contribution is -0.117. The summed E-state index contributed by atoms with van der Waals surface area (Å²) in [5.74, 6) is -0.794. The van der Waals surface area contributed by atoms with E-state index in [2.05, 4.69) is 9.97 Å². The molecule has 0 N–H and O–H groups in total. The van der Waals surface area contributed by atoms with Gasteiger partial charge in [0.1, 0.15) is 23.3 Å². The third kappa shape index (κ3) is 3.36. The van der Waals surface area contributed by atoms with Gasteiger partial charge in [-0.2, -0.15) is 0 Å². The van der Waals surface area contributed by atoms with Gasteiger partial charge in [-0.3, -0.25) is 14.5 Å². The summed E-state index contributed by atoms with van der Waals surface area (Å²) in [4.78, 5) is 37.4. The molecule has 0 aliphatic carbocycles. The molecule has 1 saturated heterocycles. The third-order valence-electron chi connectivity index (χ3n) is 5.84. The Bertz CT molecular complexity index is 1010. The number of halogens is 2. The molecule has 0 spiro atoms. The quantitative estimate of drug-likeness (QED) is 0.778. The van der Waals surface area contributed by atoms with Crippen molar-refractivity contribution in [2.45, 2.75) is 38.5 Å². The summed E-state index contributed by atoms with van der Waals surface area (Å²) in [7, 11) is 1.70. The minimum absolute atomic E-state index is 0.0110. The number of hydrogen-bond donors (Lipinski definition) is 0. The van der Waals surface area contributed by atoms with Gasteiger partial charge >= 0.3 is 0 Å². The summed E-state index contributed by atoms with van der Waals surface area (Å²) in [6.07, 6.45) is 1.78. The predicted octanol–water partition coefficient (Wildman–Crippen LogP) is 2.78. The molecule has 1 atom stereocenters. The zero-order valence-corrected chi connectivity index (χ0v) is 16.6. The minimum Gasteiger partial charge on any atom is -0.338 e. The molecule has 1 aromatic heterocycles. The molecule has 0 unspecified atom stereocenters. The molecule has 0 radical (unpaired) electrons. The number of nitrogens with zero attached hydrogens (tertiary/aromatic N) is 4. The Hall–Kier alpha value is -2.90. The molecular formula is C21H22F2N4O2. The van der Waals surface area contributed by atoms with E-state index in [1.165, 1.54) is 4.90 Å². The van der Waals surface area contributed by atoms with Crippen molar-refractivity contribution in [3.05, 3.63) is 52.5 Å². The summed E-state index contributed by atoms with van der Waals surface area (Å²) in [5, 5.41) is 0. The monoisotopic (exact) mass is 400 g/mol. The molecule has 0 saturated carbocycles. The Labute approximate surface area is 167 Å². The van der Waals surface area contributed by atoms with E-state index < -0.39 is 23.0 Å². The first-order valence-electron chi connectivity index (χ1n) is 9.58. The van der Waals surface area contributed by atoms with E-state index in [9.17, 15) is 18.4 Å². The first kappa shape index (κ1) is 19.4. The molecule has 2 aromatic rings. The summed E-state index contributed by atoms with van der Waals surface area (Å²) >= 11 is 0. The zero-order valence-electron chi connectivity index (χ0n) is 16.6. The Morgan fingerprint density at radius 1 is 1.17 bits per heavy atom. The van der Waals surface area contributed by atoms with Crippen LogP contribution in [0.5, 0.6) is 0 Å². The molecule has 1 fully saturated rings. The number of likely N-dealkylation sites (tertiary alicyclic amines) is 1. The fourth-order valence-corrected chi connectivity index (χ4v) is 4.18. The van der Waals surface area contributed by atoms with Crippen LogP contribution >= 0.6 is 0 Å². The van der Waals surface area contributed by atoms with Crippen molar-refractivity contribution in [2.75, 3.05) is 25.0 Å². The van der Waals surface area contributed by atoms with Gasteiger partial charge in [0.05, 0.1) is 6.42 Å². The van der Waals surface area contributed by atoms with E-state index in [-0.39, 0.29) is 11.5 Å². The molecule has 4 rings (SSSR count). The molecular weight excluding hydrogens is 378 g/mol. The van der Waals surface area contributed by atoms with Crippen molar-refractivity contribution in [3.8, 4) is 0 Å². The van der Waals surface area contributed by atoms with E-state index >= 15 is 0 Å². The van der Waals surface area contributed by atoms with Gasteiger partial charge in [-0.1, -0.05) is 6.92 Å². The van der Waals surface area contributed by atoms with Crippen molar-refractivity contribution in [3.63, 3.8) is 0 Å². The van der Waals surface area contributed by atoms with Crippen LogP contribution in [0.1, 0.15) is 47.2 Å². The maximum Gasteiger partial charge on any atom is 0.254 e. The van der Waals surface area contributed by atoms with Gasteiger partial charge in [-0.05, 0) is 31.9 Å². The minimum atomic E-state index is -0.779. The van der Waals surface area contributed by atoms with Gasteiger partial charge in [-0.15, -0.1) is 0 Å². The molecule has 6 nitrogen and oxygen atoms in total. The Morgan fingerprint density at radius 2 is 1.86 bits per heavy atom.